The molecule has 0 unspecified atom stereocenters. The summed E-state index contributed by atoms with van der Waals surface area (Å²) in [5.41, 5.74) is 2.37. The van der Waals surface area contributed by atoms with Crippen LogP contribution in [0.2, 0.25) is 5.02 Å². The number of nitrogens with one attached hydrogen (secondary N) is 1. The molecule has 11 nitrogen and oxygen atoms in total. The lowest BCUT2D eigenvalue weighted by atomic mass is 9.87. The number of carbonyl (C=O) groups is 3. The fourth-order valence-corrected chi connectivity index (χ4v) is 7.78. The maximum Gasteiger partial charge on any atom is 0.306 e. The van der Waals surface area contributed by atoms with E-state index in [0.29, 0.717) is 48.3 Å². The van der Waals surface area contributed by atoms with Gasteiger partial charge < -0.3 is 24.8 Å². The molecule has 3 fully saturated rings. The van der Waals surface area contributed by atoms with Crippen molar-refractivity contribution in [3.05, 3.63) is 58.7 Å². The van der Waals surface area contributed by atoms with Crippen LogP contribution in [0.4, 0.5) is 5.69 Å². The molecular formula is C35H44ClN5O6. The molecule has 0 bridgehead atoms. The molecule has 2 amide bonds. The van der Waals surface area contributed by atoms with Crippen LogP contribution in [-0.2, 0) is 32.5 Å². The Balaban J connectivity index is 1.11. The Kier molecular flexibility index (Phi) is 10.2. The van der Waals surface area contributed by atoms with Gasteiger partial charge in [0.1, 0.15) is 0 Å². The second-order valence-corrected chi connectivity index (χ2v) is 13.8. The lowest BCUT2D eigenvalue weighted by Gasteiger charge is -2.30. The molecule has 2 aromatic carbocycles. The summed E-state index contributed by atoms with van der Waals surface area (Å²) in [7, 11) is 3.55. The molecule has 252 valence electrons. The lowest BCUT2D eigenvalue weighted by Crippen LogP contribution is -2.41. The molecule has 1 aromatic heterocycles. The summed E-state index contributed by atoms with van der Waals surface area (Å²) in [6, 6.07) is 12.9. The number of fused-ring (bicyclic) bond motifs is 1. The summed E-state index contributed by atoms with van der Waals surface area (Å²) < 4.78 is 13.7. The number of likely N-dealkylation sites (tertiary alicyclic amines) is 2. The van der Waals surface area contributed by atoms with E-state index in [1.807, 2.05) is 35.2 Å². The molecule has 0 spiro atoms. The number of hydrogen-bond donors (Lipinski definition) is 2. The van der Waals surface area contributed by atoms with Gasteiger partial charge in [0.05, 0.1) is 53.4 Å². The average Bonchev–Trinajstić information content (AvgIpc) is 3.76. The van der Waals surface area contributed by atoms with Crippen molar-refractivity contribution in [1.29, 1.82) is 0 Å². The van der Waals surface area contributed by atoms with Gasteiger partial charge in [0, 0.05) is 45.2 Å². The van der Waals surface area contributed by atoms with E-state index in [4.69, 9.17) is 21.1 Å². The largest absolute Gasteiger partial charge is 0.481 e. The molecule has 2 saturated heterocycles. The van der Waals surface area contributed by atoms with E-state index in [0.717, 1.165) is 48.8 Å². The van der Waals surface area contributed by atoms with Gasteiger partial charge in [-0.2, -0.15) is 5.10 Å². The van der Waals surface area contributed by atoms with Gasteiger partial charge in [0.2, 0.25) is 5.91 Å². The van der Waals surface area contributed by atoms with Crippen molar-refractivity contribution in [2.45, 2.75) is 69.7 Å². The Morgan fingerprint density at radius 3 is 2.53 bits per heavy atom. The highest BCUT2D eigenvalue weighted by atomic mass is 35.5. The van der Waals surface area contributed by atoms with E-state index in [9.17, 15) is 19.5 Å². The number of para-hydroxylation sites is 1. The molecule has 3 heterocycles. The number of halogens is 1. The first kappa shape index (κ1) is 33.4. The molecule has 6 rings (SSSR count). The van der Waals surface area contributed by atoms with E-state index in [1.54, 1.807) is 31.0 Å². The summed E-state index contributed by atoms with van der Waals surface area (Å²) >= 11 is 6.63. The zero-order chi connectivity index (χ0) is 33.2. The fourth-order valence-electron chi connectivity index (χ4n) is 7.53. The number of carbonyl (C=O) groups excluding carboxylic acids is 2. The summed E-state index contributed by atoms with van der Waals surface area (Å²) in [6.45, 7) is 5.01. The van der Waals surface area contributed by atoms with Crippen LogP contribution in [0.25, 0.3) is 10.9 Å². The van der Waals surface area contributed by atoms with Crippen LogP contribution in [0.15, 0.2) is 42.5 Å². The van der Waals surface area contributed by atoms with Gasteiger partial charge in [-0.05, 0) is 61.8 Å². The average molecular weight is 666 g/mol. The fraction of sp³-hybridized carbons (Fsp3) is 0.543. The molecular weight excluding hydrogens is 622 g/mol. The number of rotatable bonds is 10. The molecule has 4 atom stereocenters. The summed E-state index contributed by atoms with van der Waals surface area (Å²) in [4.78, 5) is 42.8. The number of aryl methyl sites for hydroxylation is 1. The number of carboxylic acids is 1. The van der Waals surface area contributed by atoms with Crippen molar-refractivity contribution in [1.82, 2.24) is 19.6 Å². The van der Waals surface area contributed by atoms with Gasteiger partial charge >= 0.3 is 5.97 Å². The van der Waals surface area contributed by atoms with Crippen molar-refractivity contribution in [2.75, 3.05) is 38.7 Å². The maximum absolute atomic E-state index is 13.9. The number of nitrogens with zero attached hydrogens (tertiary/aromatic N) is 4. The Bertz CT molecular complexity index is 1620. The van der Waals surface area contributed by atoms with Crippen LogP contribution in [0, 0.1) is 11.8 Å². The third kappa shape index (κ3) is 7.33. The van der Waals surface area contributed by atoms with Gasteiger partial charge in [-0.1, -0.05) is 42.8 Å². The minimum Gasteiger partial charge on any atom is -0.481 e. The number of methoxy groups -OCH3 is 1. The van der Waals surface area contributed by atoms with Crippen molar-refractivity contribution >= 4 is 46.0 Å². The molecule has 12 heteroatoms. The second-order valence-electron chi connectivity index (χ2n) is 13.4. The highest BCUT2D eigenvalue weighted by molar-refractivity contribution is 6.34. The van der Waals surface area contributed by atoms with Crippen LogP contribution in [0.3, 0.4) is 0 Å². The standard InChI is InChI=1S/C35H44ClN5O6/c1-21-17-40(19-31(21)46-3)24-16-25(20-47-26-11-9-23(10-12-26)35(44)45)41(18-24)32(42)15-22-8-13-29(28(36)14-22)37-34(43)33-27-6-4-5-7-30(27)39(2)38-33/h4-8,13-14,21,23-26,31H,9-12,15-20H2,1-3H3,(H,37,43)(H,44,45)/t21-,23-,24+,25+,26-,31+/m1/s1. The van der Waals surface area contributed by atoms with Crippen LogP contribution in [0.1, 0.15) is 55.1 Å². The third-order valence-electron chi connectivity index (χ3n) is 10.3. The molecule has 3 aromatic rings. The third-order valence-corrected chi connectivity index (χ3v) is 10.6. The van der Waals surface area contributed by atoms with Gasteiger partial charge in [0.15, 0.2) is 5.69 Å². The number of anilines is 1. The smallest absolute Gasteiger partial charge is 0.306 e. The van der Waals surface area contributed by atoms with E-state index in [2.05, 4.69) is 22.2 Å². The maximum atomic E-state index is 13.9. The first-order chi connectivity index (χ1) is 22.6. The van der Waals surface area contributed by atoms with E-state index in [-0.39, 0.29) is 48.4 Å². The molecule has 47 heavy (non-hydrogen) atoms. The normalized spacial score (nSPS) is 26.6. The number of hydrogen-bond acceptors (Lipinski definition) is 7. The quantitative estimate of drug-likeness (QED) is 0.322. The number of ether oxygens (including phenoxy) is 2. The zero-order valence-electron chi connectivity index (χ0n) is 27.2. The summed E-state index contributed by atoms with van der Waals surface area (Å²) in [6.07, 6.45) is 3.85. The number of aliphatic carboxylic acids is 1. The minimum atomic E-state index is -0.731. The predicted octanol–water partition coefficient (Wildman–Crippen LogP) is 4.62. The Hall–Kier alpha value is -3.51. The SMILES string of the molecule is CO[C@H]1CN([C@H]2C[C@@H](CO[C@H]3CC[C@H](C(=O)O)CC3)N(C(=O)Cc3ccc(NC(=O)c4nn(C)c5ccccc45)c(Cl)c3)C2)C[C@H]1C. The number of carboxylic acid groups (broad SMARTS) is 1. The predicted molar refractivity (Wildman–Crippen MR) is 179 cm³/mol. The second kappa shape index (κ2) is 14.3. The Morgan fingerprint density at radius 2 is 1.83 bits per heavy atom. The van der Waals surface area contributed by atoms with Crippen molar-refractivity contribution in [2.24, 2.45) is 18.9 Å². The Morgan fingerprint density at radius 1 is 1.06 bits per heavy atom. The highest BCUT2D eigenvalue weighted by Crippen LogP contribution is 2.32. The Labute approximate surface area is 280 Å². The molecule has 0 radical (unpaired) electrons. The van der Waals surface area contributed by atoms with Crippen molar-refractivity contribution in [3.63, 3.8) is 0 Å². The molecule has 2 N–H and O–H groups in total. The van der Waals surface area contributed by atoms with Crippen LogP contribution >= 0.6 is 11.6 Å². The summed E-state index contributed by atoms with van der Waals surface area (Å²) in [5.74, 6) is -0.969. The van der Waals surface area contributed by atoms with Crippen molar-refractivity contribution < 1.29 is 29.0 Å². The zero-order valence-corrected chi connectivity index (χ0v) is 28.0. The molecule has 2 aliphatic heterocycles. The molecule has 1 aliphatic carbocycles. The van der Waals surface area contributed by atoms with E-state index in [1.165, 1.54) is 0 Å². The van der Waals surface area contributed by atoms with Gasteiger partial charge in [-0.15, -0.1) is 0 Å². The van der Waals surface area contributed by atoms with Crippen LogP contribution in [0.5, 0.6) is 0 Å². The topological polar surface area (TPSA) is 126 Å². The number of benzene rings is 2. The first-order valence-electron chi connectivity index (χ1n) is 16.5. The summed E-state index contributed by atoms with van der Waals surface area (Å²) in [5, 5.41) is 17.7. The van der Waals surface area contributed by atoms with E-state index >= 15 is 0 Å². The molecule has 3 aliphatic rings. The monoisotopic (exact) mass is 665 g/mol. The van der Waals surface area contributed by atoms with Gasteiger partial charge in [-0.25, -0.2) is 0 Å². The van der Waals surface area contributed by atoms with E-state index < -0.39 is 5.97 Å². The number of amides is 2. The van der Waals surface area contributed by atoms with Gasteiger partial charge in [-0.3, -0.25) is 24.0 Å². The van der Waals surface area contributed by atoms with Gasteiger partial charge in [0.25, 0.3) is 5.91 Å². The first-order valence-corrected chi connectivity index (χ1v) is 16.9. The van der Waals surface area contributed by atoms with Crippen molar-refractivity contribution in [3.8, 4) is 0 Å². The number of aromatic nitrogens is 2. The lowest BCUT2D eigenvalue weighted by molar-refractivity contribution is -0.144. The highest BCUT2D eigenvalue weighted by Gasteiger charge is 2.42. The van der Waals surface area contributed by atoms with Crippen LogP contribution < -0.4 is 5.32 Å². The molecule has 1 saturated carbocycles. The van der Waals surface area contributed by atoms with Crippen LogP contribution in [-0.4, -0.2) is 100 Å². The minimum absolute atomic E-state index is 0.000898.